The van der Waals surface area contributed by atoms with E-state index < -0.39 is 0 Å². The summed E-state index contributed by atoms with van der Waals surface area (Å²) in [5.41, 5.74) is 1.55. The Hall–Kier alpha value is -1.91. The lowest BCUT2D eigenvalue weighted by atomic mass is 9.72. The lowest BCUT2D eigenvalue weighted by Gasteiger charge is -2.33. The maximum Gasteiger partial charge on any atom is 0.249 e. The predicted molar refractivity (Wildman–Crippen MR) is 99.8 cm³/mol. The van der Waals surface area contributed by atoms with Gasteiger partial charge in [-0.1, -0.05) is 24.3 Å². The normalized spacial score (nSPS) is 22.5. The van der Waals surface area contributed by atoms with Crippen LogP contribution >= 0.6 is 12.4 Å². The molecule has 126 valence electrons. The highest BCUT2D eigenvalue weighted by Crippen LogP contribution is 2.38. The van der Waals surface area contributed by atoms with Gasteiger partial charge in [0.1, 0.15) is 5.65 Å². The molecule has 1 atom stereocenters. The largest absolute Gasteiger partial charge is 0.314 e. The predicted octanol–water partition coefficient (Wildman–Crippen LogP) is 3.24. The summed E-state index contributed by atoms with van der Waals surface area (Å²) >= 11 is 0. The van der Waals surface area contributed by atoms with Gasteiger partial charge in [0.05, 0.1) is 0 Å². The molecule has 0 aliphatic heterocycles. The Kier molecular flexibility index (Phi) is 4.88. The number of H-pyrrole nitrogens is 1. The highest BCUT2D eigenvalue weighted by atomic mass is 35.5. The first-order valence-electron chi connectivity index (χ1n) is 8.33. The lowest BCUT2D eigenvalue weighted by Crippen LogP contribution is -2.32. The molecule has 0 radical (unpaired) electrons. The van der Waals surface area contributed by atoms with Crippen LogP contribution in [-0.4, -0.2) is 22.6 Å². The van der Waals surface area contributed by atoms with Gasteiger partial charge in [0.15, 0.2) is 0 Å². The van der Waals surface area contributed by atoms with Crippen molar-refractivity contribution in [3.8, 4) is 0 Å². The van der Waals surface area contributed by atoms with Crippen LogP contribution in [0.5, 0.6) is 0 Å². The van der Waals surface area contributed by atoms with E-state index in [0.717, 1.165) is 30.3 Å². The molecule has 0 aromatic carbocycles. The zero-order chi connectivity index (χ0) is 15.7. The summed E-state index contributed by atoms with van der Waals surface area (Å²) in [5, 5.41) is 4.64. The van der Waals surface area contributed by atoms with Gasteiger partial charge in [-0.15, -0.1) is 12.4 Å². The van der Waals surface area contributed by atoms with E-state index in [1.54, 1.807) is 12.3 Å². The van der Waals surface area contributed by atoms with Crippen LogP contribution in [0, 0.1) is 0 Å². The quantitative estimate of drug-likeness (QED) is 0.876. The van der Waals surface area contributed by atoms with E-state index in [-0.39, 0.29) is 23.4 Å². The summed E-state index contributed by atoms with van der Waals surface area (Å²) < 4.78 is 0. The second-order valence-corrected chi connectivity index (χ2v) is 6.57. The second-order valence-electron chi connectivity index (χ2n) is 6.57. The van der Waals surface area contributed by atoms with Crippen LogP contribution in [0.3, 0.4) is 0 Å². The van der Waals surface area contributed by atoms with Crippen LogP contribution in [0.25, 0.3) is 11.0 Å². The number of hydrogen-bond donors (Lipinski definition) is 2. The Bertz CT molecular complexity index is 838. The van der Waals surface area contributed by atoms with Gasteiger partial charge >= 0.3 is 0 Å². The molecular weight excluding hydrogens is 322 g/mol. The molecule has 2 aromatic rings. The van der Waals surface area contributed by atoms with E-state index in [0.29, 0.717) is 11.7 Å². The molecule has 5 heteroatoms. The fourth-order valence-corrected chi connectivity index (χ4v) is 3.47. The molecule has 1 fully saturated rings. The zero-order valence-electron chi connectivity index (χ0n) is 13.5. The Balaban J connectivity index is 0.00000169. The number of hydrogen-bond acceptors (Lipinski definition) is 3. The molecule has 2 aliphatic rings. The van der Waals surface area contributed by atoms with Crippen LogP contribution < -0.4 is 10.9 Å². The molecule has 1 saturated carbocycles. The van der Waals surface area contributed by atoms with Crippen molar-refractivity contribution in [3.63, 3.8) is 0 Å². The third-order valence-corrected chi connectivity index (χ3v) is 4.88. The molecular formula is C19H22ClN3O. The second kappa shape index (κ2) is 6.91. The highest BCUT2D eigenvalue weighted by molar-refractivity contribution is 5.85. The first-order chi connectivity index (χ1) is 11.3. The molecule has 0 spiro atoms. The van der Waals surface area contributed by atoms with Crippen molar-refractivity contribution in [2.75, 3.05) is 6.54 Å². The summed E-state index contributed by atoms with van der Waals surface area (Å²) in [6.45, 7) is 0.970. The number of fused-ring (bicyclic) bond motifs is 1. The Labute approximate surface area is 147 Å². The maximum absolute atomic E-state index is 12.1. The lowest BCUT2D eigenvalue weighted by molar-refractivity contribution is 0.469. The summed E-state index contributed by atoms with van der Waals surface area (Å²) in [4.78, 5) is 19.3. The van der Waals surface area contributed by atoms with Crippen molar-refractivity contribution in [3.05, 3.63) is 64.6 Å². The fraction of sp³-hybridized carbons (Fsp3) is 0.368. The molecule has 2 N–H and O–H groups in total. The Morgan fingerprint density at radius 1 is 1.33 bits per heavy atom. The van der Waals surface area contributed by atoms with Crippen LogP contribution in [0.4, 0.5) is 0 Å². The molecule has 4 rings (SSSR count). The smallest absolute Gasteiger partial charge is 0.249 e. The van der Waals surface area contributed by atoms with Gasteiger partial charge in [-0.2, -0.15) is 0 Å². The minimum absolute atomic E-state index is 0. The van der Waals surface area contributed by atoms with Gasteiger partial charge in [-0.05, 0) is 49.9 Å². The molecule has 0 saturated heterocycles. The topological polar surface area (TPSA) is 57.8 Å². The average molecular weight is 344 g/mol. The number of rotatable bonds is 5. The SMILES string of the molecule is Cl.O=c1cc(C2(CCNC3CC3)C=CC=CC2)c2cccnc2[nH]1. The average Bonchev–Trinajstić information content (AvgIpc) is 3.39. The number of pyridine rings is 2. The number of nitrogens with one attached hydrogen (secondary N) is 2. The molecule has 24 heavy (non-hydrogen) atoms. The van der Waals surface area contributed by atoms with Crippen molar-refractivity contribution in [2.45, 2.75) is 37.1 Å². The first-order valence-corrected chi connectivity index (χ1v) is 8.33. The van der Waals surface area contributed by atoms with Crippen molar-refractivity contribution in [2.24, 2.45) is 0 Å². The van der Waals surface area contributed by atoms with Crippen molar-refractivity contribution >= 4 is 23.4 Å². The number of aromatic nitrogens is 2. The summed E-state index contributed by atoms with van der Waals surface area (Å²) in [5.74, 6) is 0. The summed E-state index contributed by atoms with van der Waals surface area (Å²) in [6.07, 6.45) is 14.8. The van der Waals surface area contributed by atoms with Gasteiger partial charge in [-0.25, -0.2) is 4.98 Å². The van der Waals surface area contributed by atoms with Crippen LogP contribution in [-0.2, 0) is 5.41 Å². The van der Waals surface area contributed by atoms with Gasteiger partial charge < -0.3 is 10.3 Å². The van der Waals surface area contributed by atoms with E-state index in [1.165, 1.54) is 12.8 Å². The van der Waals surface area contributed by atoms with Crippen molar-refractivity contribution in [1.82, 2.24) is 15.3 Å². The maximum atomic E-state index is 12.1. The monoisotopic (exact) mass is 343 g/mol. The molecule has 0 bridgehead atoms. The standard InChI is InChI=1S/C19H21N3O.ClH/c23-17-13-16(15-5-4-11-21-18(15)22-17)19(8-2-1-3-9-19)10-12-20-14-6-7-14;/h1-5,8,11,13-14,20H,6-7,9-10,12H2,(H,21,22,23);1H. The molecule has 2 heterocycles. The van der Waals surface area contributed by atoms with E-state index in [2.05, 4.69) is 45.7 Å². The summed E-state index contributed by atoms with van der Waals surface area (Å²) in [7, 11) is 0. The van der Waals surface area contributed by atoms with Gasteiger partial charge in [0.2, 0.25) is 5.56 Å². The van der Waals surface area contributed by atoms with Crippen LogP contribution in [0.15, 0.2) is 53.5 Å². The van der Waals surface area contributed by atoms with Crippen LogP contribution in [0.2, 0.25) is 0 Å². The first kappa shape index (κ1) is 16.9. The molecule has 1 unspecified atom stereocenters. The van der Waals surface area contributed by atoms with E-state index in [9.17, 15) is 4.79 Å². The van der Waals surface area contributed by atoms with Gasteiger partial charge in [0, 0.05) is 29.1 Å². The number of aromatic amines is 1. The third kappa shape index (κ3) is 3.30. The van der Waals surface area contributed by atoms with Crippen molar-refractivity contribution in [1.29, 1.82) is 0 Å². The zero-order valence-corrected chi connectivity index (χ0v) is 14.3. The molecule has 4 nitrogen and oxygen atoms in total. The molecule has 2 aromatic heterocycles. The van der Waals surface area contributed by atoms with Gasteiger partial charge in [0.25, 0.3) is 0 Å². The minimum atomic E-state index is -0.133. The molecule has 0 amide bonds. The Morgan fingerprint density at radius 2 is 2.21 bits per heavy atom. The van der Waals surface area contributed by atoms with E-state index in [4.69, 9.17) is 0 Å². The van der Waals surface area contributed by atoms with Gasteiger partial charge in [-0.3, -0.25) is 4.79 Å². The third-order valence-electron chi connectivity index (χ3n) is 4.88. The number of nitrogens with zero attached hydrogens (tertiary/aromatic N) is 1. The highest BCUT2D eigenvalue weighted by Gasteiger charge is 2.32. The fourth-order valence-electron chi connectivity index (χ4n) is 3.47. The van der Waals surface area contributed by atoms with E-state index in [1.807, 2.05) is 6.07 Å². The summed E-state index contributed by atoms with van der Waals surface area (Å²) in [6, 6.07) is 6.44. The van der Waals surface area contributed by atoms with Crippen molar-refractivity contribution < 1.29 is 0 Å². The molecule has 2 aliphatic carbocycles. The number of halogens is 1. The van der Waals surface area contributed by atoms with Crippen LogP contribution in [0.1, 0.15) is 31.2 Å². The number of allylic oxidation sites excluding steroid dienone is 4. The Morgan fingerprint density at radius 3 is 2.96 bits per heavy atom. The van der Waals surface area contributed by atoms with E-state index >= 15 is 0 Å². The minimum Gasteiger partial charge on any atom is -0.314 e.